The molecule has 0 aliphatic carbocycles. The van der Waals surface area contributed by atoms with Crippen molar-refractivity contribution >= 4 is 34.3 Å². The third-order valence-electron chi connectivity index (χ3n) is 5.58. The predicted molar refractivity (Wildman–Crippen MR) is 126 cm³/mol. The van der Waals surface area contributed by atoms with Crippen molar-refractivity contribution in [2.45, 2.75) is 11.8 Å². The molecule has 0 saturated carbocycles. The maximum atomic E-state index is 14.0. The van der Waals surface area contributed by atoms with Gasteiger partial charge in [0.05, 0.1) is 10.8 Å². The van der Waals surface area contributed by atoms with E-state index in [0.717, 1.165) is 40.1 Å². The molecule has 1 amide bonds. The fraction of sp³-hybridized carbons (Fsp3) is 0.208. The van der Waals surface area contributed by atoms with E-state index in [-0.39, 0.29) is 17.0 Å². The maximum absolute atomic E-state index is 14.0. The van der Waals surface area contributed by atoms with Crippen molar-refractivity contribution in [1.82, 2.24) is 20.1 Å². The molecule has 1 aliphatic heterocycles. The van der Waals surface area contributed by atoms with E-state index in [1.807, 2.05) is 36.4 Å². The van der Waals surface area contributed by atoms with Crippen LogP contribution in [0.2, 0.25) is 0 Å². The van der Waals surface area contributed by atoms with Crippen molar-refractivity contribution < 1.29 is 9.18 Å². The third-order valence-corrected chi connectivity index (χ3v) is 6.76. The van der Waals surface area contributed by atoms with E-state index in [4.69, 9.17) is 0 Å². The Morgan fingerprint density at radius 1 is 1.19 bits per heavy atom. The number of nitrogens with zero attached hydrogens (tertiary/aromatic N) is 3. The summed E-state index contributed by atoms with van der Waals surface area (Å²) in [4.78, 5) is 19.2. The summed E-state index contributed by atoms with van der Waals surface area (Å²) in [5.74, 6) is 0.589. The van der Waals surface area contributed by atoms with Crippen molar-refractivity contribution in [3.05, 3.63) is 78.4 Å². The van der Waals surface area contributed by atoms with Gasteiger partial charge in [0.15, 0.2) is 0 Å². The largest absolute Gasteiger partial charge is 0.325 e. The van der Waals surface area contributed by atoms with Gasteiger partial charge in [0, 0.05) is 60.0 Å². The zero-order chi connectivity index (χ0) is 21.9. The second-order valence-corrected chi connectivity index (χ2v) is 9.05. The minimum atomic E-state index is -0.213. The molecule has 2 aromatic carbocycles. The molecule has 1 saturated heterocycles. The number of thioether (sulfide) groups is 1. The van der Waals surface area contributed by atoms with E-state index in [1.54, 1.807) is 36.3 Å². The Bertz CT molecular complexity index is 1250. The summed E-state index contributed by atoms with van der Waals surface area (Å²) in [6, 6.07) is 16.4. The summed E-state index contributed by atoms with van der Waals surface area (Å²) in [6.45, 7) is 1.92. The molecule has 32 heavy (non-hydrogen) atoms. The van der Waals surface area contributed by atoms with Crippen molar-refractivity contribution in [1.29, 1.82) is 0 Å². The molecular formula is C24H22FN5OS. The number of fused-ring (bicyclic) bond motifs is 1. The molecule has 1 unspecified atom stereocenters. The number of carbonyl (C=O) groups excluding carboxylic acids is 1. The average Bonchev–Trinajstić information content (AvgIpc) is 3.25. The Hall–Kier alpha value is -3.23. The minimum absolute atomic E-state index is 0.0402. The van der Waals surface area contributed by atoms with Gasteiger partial charge in [-0.15, -0.1) is 11.8 Å². The Morgan fingerprint density at radius 2 is 2.03 bits per heavy atom. The number of pyridine rings is 1. The quantitative estimate of drug-likeness (QED) is 0.477. The number of amides is 1. The molecule has 1 aliphatic rings. The molecule has 1 atom stereocenters. The molecule has 2 N–H and O–H groups in total. The highest BCUT2D eigenvalue weighted by Gasteiger charge is 2.27. The highest BCUT2D eigenvalue weighted by Crippen LogP contribution is 2.29. The van der Waals surface area contributed by atoms with Crippen molar-refractivity contribution in [3.63, 3.8) is 0 Å². The molecule has 8 heteroatoms. The van der Waals surface area contributed by atoms with Gasteiger partial charge < -0.3 is 5.32 Å². The lowest BCUT2D eigenvalue weighted by atomic mass is 10.1. The van der Waals surface area contributed by atoms with Gasteiger partial charge in [-0.1, -0.05) is 18.2 Å². The average molecular weight is 448 g/mol. The molecule has 3 heterocycles. The lowest BCUT2D eigenvalue weighted by Gasteiger charge is -2.31. The zero-order valence-corrected chi connectivity index (χ0v) is 18.1. The van der Waals surface area contributed by atoms with Crippen LogP contribution in [0.5, 0.6) is 0 Å². The van der Waals surface area contributed by atoms with Crippen LogP contribution in [0.25, 0.3) is 22.2 Å². The monoisotopic (exact) mass is 447 g/mol. The van der Waals surface area contributed by atoms with Crippen LogP contribution in [0.15, 0.2) is 67.0 Å². The summed E-state index contributed by atoms with van der Waals surface area (Å²) in [5.41, 5.74) is 4.07. The van der Waals surface area contributed by atoms with Crippen LogP contribution in [0.3, 0.4) is 0 Å². The first-order valence-electron chi connectivity index (χ1n) is 10.4. The summed E-state index contributed by atoms with van der Waals surface area (Å²) in [7, 11) is 0. The summed E-state index contributed by atoms with van der Waals surface area (Å²) in [6.07, 6.45) is 3.46. The highest BCUT2D eigenvalue weighted by molar-refractivity contribution is 8.00. The van der Waals surface area contributed by atoms with Gasteiger partial charge in [0.1, 0.15) is 11.5 Å². The molecule has 5 rings (SSSR count). The fourth-order valence-electron chi connectivity index (χ4n) is 3.92. The van der Waals surface area contributed by atoms with Crippen LogP contribution in [-0.4, -0.2) is 50.1 Å². The number of hydrogen-bond donors (Lipinski definition) is 2. The molecule has 0 spiro atoms. The van der Waals surface area contributed by atoms with Gasteiger partial charge in [-0.3, -0.25) is 19.8 Å². The summed E-state index contributed by atoms with van der Waals surface area (Å²) in [5, 5.41) is 11.2. The Morgan fingerprint density at radius 3 is 2.88 bits per heavy atom. The number of aromatic amines is 1. The molecule has 6 nitrogen and oxygen atoms in total. The Labute approximate surface area is 189 Å². The lowest BCUT2D eigenvalue weighted by molar-refractivity contribution is -0.116. The minimum Gasteiger partial charge on any atom is -0.325 e. The van der Waals surface area contributed by atoms with Crippen molar-refractivity contribution in [2.24, 2.45) is 0 Å². The molecule has 2 aromatic heterocycles. The molecule has 0 radical (unpaired) electrons. The summed E-state index contributed by atoms with van der Waals surface area (Å²) >= 11 is 1.64. The van der Waals surface area contributed by atoms with Crippen molar-refractivity contribution in [2.75, 3.05) is 24.2 Å². The zero-order valence-electron chi connectivity index (χ0n) is 17.3. The molecule has 162 valence electrons. The Balaban J connectivity index is 1.29. The smallest absolute Gasteiger partial charge is 0.238 e. The molecular weight excluding hydrogens is 425 g/mol. The van der Waals surface area contributed by atoms with Gasteiger partial charge in [-0.25, -0.2) is 4.39 Å². The van der Waals surface area contributed by atoms with Gasteiger partial charge in [-0.05, 0) is 36.4 Å². The number of hydrogen-bond acceptors (Lipinski definition) is 5. The van der Waals surface area contributed by atoms with Gasteiger partial charge in [0.2, 0.25) is 5.91 Å². The second kappa shape index (κ2) is 9.10. The van der Waals surface area contributed by atoms with Crippen LogP contribution in [0.4, 0.5) is 10.1 Å². The number of carbonyl (C=O) groups is 1. The summed E-state index contributed by atoms with van der Waals surface area (Å²) < 4.78 is 14.0. The normalized spacial score (nSPS) is 16.8. The topological polar surface area (TPSA) is 73.9 Å². The van der Waals surface area contributed by atoms with Gasteiger partial charge in [-0.2, -0.15) is 5.10 Å². The fourth-order valence-corrected chi connectivity index (χ4v) is 5.09. The number of halogens is 1. The third kappa shape index (κ3) is 4.37. The standard InChI is InChI=1S/C24H22FN5OS/c25-20-4-2-1-3-17(20)14-30-11-12-32-22(15-30)24(31)27-18-5-6-21-19(13-18)23(29-28-21)16-7-9-26-10-8-16/h1-10,13,22H,11-12,14-15H2,(H,27,31)(H,28,29). The van der Waals surface area contributed by atoms with Crippen LogP contribution in [-0.2, 0) is 11.3 Å². The number of nitrogens with one attached hydrogen (secondary N) is 2. The number of anilines is 1. The SMILES string of the molecule is O=C(Nc1ccc2[nH]nc(-c3ccncc3)c2c1)C1CN(Cc2ccccc2F)CCS1. The number of aromatic nitrogens is 3. The first-order chi connectivity index (χ1) is 15.7. The van der Waals surface area contributed by atoms with E-state index in [0.29, 0.717) is 18.7 Å². The highest BCUT2D eigenvalue weighted by atomic mass is 32.2. The van der Waals surface area contributed by atoms with Crippen LogP contribution >= 0.6 is 11.8 Å². The number of rotatable bonds is 5. The molecule has 1 fully saturated rings. The maximum Gasteiger partial charge on any atom is 0.238 e. The van der Waals surface area contributed by atoms with E-state index in [9.17, 15) is 9.18 Å². The Kier molecular flexibility index (Phi) is 5.87. The van der Waals surface area contributed by atoms with Crippen molar-refractivity contribution in [3.8, 4) is 11.3 Å². The van der Waals surface area contributed by atoms with Crippen LogP contribution in [0, 0.1) is 5.82 Å². The molecule has 0 bridgehead atoms. The first kappa shape index (κ1) is 20.7. The lowest BCUT2D eigenvalue weighted by Crippen LogP contribution is -2.43. The number of benzene rings is 2. The predicted octanol–water partition coefficient (Wildman–Crippen LogP) is 4.32. The second-order valence-electron chi connectivity index (χ2n) is 7.74. The molecule has 4 aromatic rings. The van der Waals surface area contributed by atoms with Crippen LogP contribution < -0.4 is 5.32 Å². The van der Waals surface area contributed by atoms with Crippen LogP contribution in [0.1, 0.15) is 5.56 Å². The van der Waals surface area contributed by atoms with E-state index in [1.165, 1.54) is 6.07 Å². The van der Waals surface area contributed by atoms with Gasteiger partial charge >= 0.3 is 0 Å². The first-order valence-corrected chi connectivity index (χ1v) is 11.5. The van der Waals surface area contributed by atoms with Gasteiger partial charge in [0.25, 0.3) is 0 Å². The van der Waals surface area contributed by atoms with E-state index >= 15 is 0 Å². The van der Waals surface area contributed by atoms with E-state index < -0.39 is 0 Å². The number of H-pyrrole nitrogens is 1. The van der Waals surface area contributed by atoms with E-state index in [2.05, 4.69) is 25.4 Å².